The maximum Gasteiger partial charge on any atom is 0.203 e. The van der Waals surface area contributed by atoms with E-state index in [2.05, 4.69) is 10.2 Å². The van der Waals surface area contributed by atoms with Gasteiger partial charge in [-0.05, 0) is 42.4 Å². The van der Waals surface area contributed by atoms with Gasteiger partial charge in [-0.25, -0.2) is 0 Å². The van der Waals surface area contributed by atoms with Crippen molar-refractivity contribution in [1.29, 1.82) is 0 Å². The van der Waals surface area contributed by atoms with Crippen molar-refractivity contribution in [3.8, 4) is 5.75 Å². The maximum atomic E-state index is 9.66. The van der Waals surface area contributed by atoms with Crippen LogP contribution in [0.15, 0.2) is 18.3 Å². The fourth-order valence-electron chi connectivity index (χ4n) is 2.30. The van der Waals surface area contributed by atoms with Gasteiger partial charge in [0.25, 0.3) is 0 Å². The second-order valence-electron chi connectivity index (χ2n) is 4.46. The molecule has 0 bridgehead atoms. The largest absolute Gasteiger partial charge is 0.504 e. The van der Waals surface area contributed by atoms with E-state index in [0.717, 1.165) is 12.2 Å². The smallest absolute Gasteiger partial charge is 0.203 e. The van der Waals surface area contributed by atoms with Gasteiger partial charge in [-0.3, -0.25) is 4.40 Å². The molecule has 0 aliphatic carbocycles. The molecule has 1 saturated heterocycles. The zero-order valence-electron chi connectivity index (χ0n) is 9.54. The normalized spacial score (nSPS) is 17.6. The van der Waals surface area contributed by atoms with Crippen molar-refractivity contribution in [2.24, 2.45) is 5.92 Å². The summed E-state index contributed by atoms with van der Waals surface area (Å²) >= 11 is 2.03. The molecule has 2 aromatic heterocycles. The highest BCUT2D eigenvalue weighted by Gasteiger charge is 2.17. The van der Waals surface area contributed by atoms with E-state index in [1.165, 1.54) is 24.3 Å². The predicted molar refractivity (Wildman–Crippen MR) is 68.4 cm³/mol. The fourth-order valence-corrected chi connectivity index (χ4v) is 3.50. The van der Waals surface area contributed by atoms with Gasteiger partial charge >= 0.3 is 0 Å². The average molecular weight is 249 g/mol. The van der Waals surface area contributed by atoms with Gasteiger partial charge in [0.2, 0.25) is 5.65 Å². The second kappa shape index (κ2) is 4.56. The minimum atomic E-state index is 0.199. The highest BCUT2D eigenvalue weighted by atomic mass is 32.2. The lowest BCUT2D eigenvalue weighted by Crippen LogP contribution is -2.13. The summed E-state index contributed by atoms with van der Waals surface area (Å²) in [5, 5.41) is 17.9. The summed E-state index contributed by atoms with van der Waals surface area (Å²) in [6.07, 6.45) is 5.41. The van der Waals surface area contributed by atoms with Crippen LogP contribution in [0.3, 0.4) is 0 Å². The van der Waals surface area contributed by atoms with Gasteiger partial charge in [-0.2, -0.15) is 11.8 Å². The summed E-state index contributed by atoms with van der Waals surface area (Å²) in [7, 11) is 0. The van der Waals surface area contributed by atoms with Crippen molar-refractivity contribution in [3.05, 3.63) is 24.2 Å². The lowest BCUT2D eigenvalue weighted by atomic mass is 9.98. The Bertz CT molecular complexity index is 519. The highest BCUT2D eigenvalue weighted by molar-refractivity contribution is 7.99. The van der Waals surface area contributed by atoms with Gasteiger partial charge in [0.05, 0.1) is 0 Å². The number of hydrogen-bond donors (Lipinski definition) is 1. The molecule has 0 aromatic carbocycles. The number of nitrogens with zero attached hydrogens (tertiary/aromatic N) is 3. The van der Waals surface area contributed by atoms with Gasteiger partial charge in [-0.15, -0.1) is 10.2 Å². The lowest BCUT2D eigenvalue weighted by molar-refractivity contribution is 0.471. The van der Waals surface area contributed by atoms with Crippen LogP contribution in [0.4, 0.5) is 0 Å². The molecule has 5 heteroatoms. The molecule has 0 saturated carbocycles. The Labute approximate surface area is 104 Å². The molecule has 4 nitrogen and oxygen atoms in total. The Hall–Kier alpha value is -1.23. The van der Waals surface area contributed by atoms with E-state index in [1.54, 1.807) is 6.07 Å². The van der Waals surface area contributed by atoms with Crippen LogP contribution in [0.25, 0.3) is 5.65 Å². The van der Waals surface area contributed by atoms with E-state index in [0.29, 0.717) is 11.6 Å². The Morgan fingerprint density at radius 3 is 3.00 bits per heavy atom. The van der Waals surface area contributed by atoms with Gasteiger partial charge in [0, 0.05) is 12.6 Å². The molecule has 1 fully saturated rings. The van der Waals surface area contributed by atoms with Gasteiger partial charge in [0.15, 0.2) is 5.75 Å². The Kier molecular flexibility index (Phi) is 2.93. The predicted octanol–water partition coefficient (Wildman–Crippen LogP) is 2.12. The summed E-state index contributed by atoms with van der Waals surface area (Å²) in [5.41, 5.74) is 0.563. The molecular weight excluding hydrogens is 234 g/mol. The first-order valence-electron chi connectivity index (χ1n) is 5.94. The number of fused-ring (bicyclic) bond motifs is 1. The molecule has 3 rings (SSSR count). The van der Waals surface area contributed by atoms with Gasteiger partial charge in [-0.1, -0.05) is 0 Å². The zero-order chi connectivity index (χ0) is 11.7. The molecule has 0 radical (unpaired) electrons. The van der Waals surface area contributed by atoms with E-state index < -0.39 is 0 Å². The van der Waals surface area contributed by atoms with E-state index in [9.17, 15) is 5.11 Å². The molecule has 1 aliphatic rings. The zero-order valence-corrected chi connectivity index (χ0v) is 10.4. The summed E-state index contributed by atoms with van der Waals surface area (Å²) in [6, 6.07) is 3.47. The van der Waals surface area contributed by atoms with Gasteiger partial charge < -0.3 is 5.11 Å². The van der Waals surface area contributed by atoms with Crippen molar-refractivity contribution in [3.63, 3.8) is 0 Å². The number of aromatic nitrogens is 3. The van der Waals surface area contributed by atoms with Crippen LogP contribution >= 0.6 is 11.8 Å². The molecule has 90 valence electrons. The van der Waals surface area contributed by atoms with Crippen LogP contribution in [0.5, 0.6) is 5.75 Å². The van der Waals surface area contributed by atoms with Crippen molar-refractivity contribution in [2.75, 3.05) is 11.5 Å². The Morgan fingerprint density at radius 2 is 2.18 bits per heavy atom. The SMILES string of the molecule is Oc1cccn2c(CC3CCSCC3)nnc12. The number of hydrogen-bond acceptors (Lipinski definition) is 4. The van der Waals surface area contributed by atoms with Crippen molar-refractivity contribution in [2.45, 2.75) is 19.3 Å². The topological polar surface area (TPSA) is 50.4 Å². The van der Waals surface area contributed by atoms with Crippen LogP contribution in [-0.4, -0.2) is 31.2 Å². The Balaban J connectivity index is 1.87. The number of pyridine rings is 1. The third-order valence-electron chi connectivity index (χ3n) is 3.30. The number of rotatable bonds is 2. The molecule has 0 amide bonds. The van der Waals surface area contributed by atoms with Crippen molar-refractivity contribution >= 4 is 17.4 Å². The highest BCUT2D eigenvalue weighted by Crippen LogP contribution is 2.26. The quantitative estimate of drug-likeness (QED) is 0.885. The second-order valence-corrected chi connectivity index (χ2v) is 5.69. The monoisotopic (exact) mass is 249 g/mol. The number of aromatic hydroxyl groups is 1. The lowest BCUT2D eigenvalue weighted by Gasteiger charge is -2.20. The molecule has 3 heterocycles. The van der Waals surface area contributed by atoms with Crippen LogP contribution < -0.4 is 0 Å². The van der Waals surface area contributed by atoms with E-state index in [4.69, 9.17) is 0 Å². The minimum absolute atomic E-state index is 0.199. The average Bonchev–Trinajstić information content (AvgIpc) is 2.76. The fraction of sp³-hybridized carbons (Fsp3) is 0.500. The summed E-state index contributed by atoms with van der Waals surface area (Å²) < 4.78 is 1.90. The molecule has 0 unspecified atom stereocenters. The third-order valence-corrected chi connectivity index (χ3v) is 4.35. The first-order chi connectivity index (χ1) is 8.34. The first-order valence-corrected chi connectivity index (χ1v) is 7.09. The van der Waals surface area contributed by atoms with Crippen LogP contribution in [0.2, 0.25) is 0 Å². The molecule has 2 aromatic rings. The van der Waals surface area contributed by atoms with Crippen LogP contribution in [-0.2, 0) is 6.42 Å². The first kappa shape index (κ1) is 10.9. The van der Waals surface area contributed by atoms with Crippen molar-refractivity contribution < 1.29 is 5.11 Å². The molecule has 1 N–H and O–H groups in total. The maximum absolute atomic E-state index is 9.66. The summed E-state index contributed by atoms with van der Waals surface area (Å²) in [5.74, 6) is 4.39. The molecule has 1 aliphatic heterocycles. The van der Waals surface area contributed by atoms with E-state index in [1.807, 2.05) is 28.4 Å². The van der Waals surface area contributed by atoms with Gasteiger partial charge in [0.1, 0.15) is 5.82 Å². The minimum Gasteiger partial charge on any atom is -0.504 e. The van der Waals surface area contributed by atoms with E-state index >= 15 is 0 Å². The molecule has 17 heavy (non-hydrogen) atoms. The van der Waals surface area contributed by atoms with Crippen LogP contribution in [0, 0.1) is 5.92 Å². The number of thioether (sulfide) groups is 1. The van der Waals surface area contributed by atoms with Crippen molar-refractivity contribution in [1.82, 2.24) is 14.6 Å². The van der Waals surface area contributed by atoms with E-state index in [-0.39, 0.29) is 5.75 Å². The van der Waals surface area contributed by atoms with Crippen LogP contribution in [0.1, 0.15) is 18.7 Å². The molecule has 0 spiro atoms. The summed E-state index contributed by atoms with van der Waals surface area (Å²) in [4.78, 5) is 0. The standard InChI is InChI=1S/C12H15N3OS/c16-10-2-1-5-15-11(13-14-12(10)15)8-9-3-6-17-7-4-9/h1-2,5,9,16H,3-4,6-8H2. The third kappa shape index (κ3) is 2.11. The molecular formula is C12H15N3OS. The molecule has 0 atom stereocenters. The summed E-state index contributed by atoms with van der Waals surface area (Å²) in [6.45, 7) is 0. The Morgan fingerprint density at radius 1 is 1.35 bits per heavy atom.